The molecule has 0 unspecified atom stereocenters. The van der Waals surface area contributed by atoms with Crippen LogP contribution >= 0.6 is 0 Å². The highest BCUT2D eigenvalue weighted by atomic mass is 16.5. The van der Waals surface area contributed by atoms with Crippen LogP contribution in [0.4, 0.5) is 17.3 Å². The number of aryl methyl sites for hydroxylation is 1. The van der Waals surface area contributed by atoms with Gasteiger partial charge in [-0.05, 0) is 18.6 Å². The standard InChI is InChI=1S/C15H20N4O/c1-4-7-14-17-13(16)10-15(18-14)19(2)11-8-5-6-9-12(11)20-3/h5-6,8-10H,4,7H2,1-3H3,(H2,16,17,18). The summed E-state index contributed by atoms with van der Waals surface area (Å²) in [5, 5.41) is 0. The van der Waals surface area contributed by atoms with Crippen LogP contribution in [-0.2, 0) is 6.42 Å². The predicted molar refractivity (Wildman–Crippen MR) is 81.5 cm³/mol. The van der Waals surface area contributed by atoms with Crippen LogP contribution in [-0.4, -0.2) is 24.1 Å². The molecule has 0 radical (unpaired) electrons. The first kappa shape index (κ1) is 14.1. The quantitative estimate of drug-likeness (QED) is 0.906. The molecule has 20 heavy (non-hydrogen) atoms. The average Bonchev–Trinajstić information content (AvgIpc) is 2.46. The normalized spacial score (nSPS) is 10.3. The minimum atomic E-state index is 0.486. The van der Waals surface area contributed by atoms with Crippen molar-refractivity contribution in [2.45, 2.75) is 19.8 Å². The molecule has 0 saturated carbocycles. The second-order valence-electron chi connectivity index (χ2n) is 4.55. The van der Waals surface area contributed by atoms with E-state index in [1.54, 1.807) is 13.2 Å². The lowest BCUT2D eigenvalue weighted by atomic mass is 10.2. The van der Waals surface area contributed by atoms with Gasteiger partial charge in [0.25, 0.3) is 0 Å². The van der Waals surface area contributed by atoms with Gasteiger partial charge in [-0.2, -0.15) is 0 Å². The Morgan fingerprint density at radius 3 is 2.70 bits per heavy atom. The van der Waals surface area contributed by atoms with E-state index in [-0.39, 0.29) is 0 Å². The van der Waals surface area contributed by atoms with Gasteiger partial charge in [0.2, 0.25) is 0 Å². The van der Waals surface area contributed by atoms with Crippen molar-refractivity contribution in [2.24, 2.45) is 0 Å². The fourth-order valence-electron chi connectivity index (χ4n) is 2.04. The van der Waals surface area contributed by atoms with E-state index < -0.39 is 0 Å². The predicted octanol–water partition coefficient (Wildman–Crippen LogP) is 2.79. The zero-order chi connectivity index (χ0) is 14.5. The highest BCUT2D eigenvalue weighted by molar-refractivity contribution is 5.67. The lowest BCUT2D eigenvalue weighted by molar-refractivity contribution is 0.415. The molecule has 0 bridgehead atoms. The van der Waals surface area contributed by atoms with Gasteiger partial charge in [-0.25, -0.2) is 9.97 Å². The summed E-state index contributed by atoms with van der Waals surface area (Å²) in [5.41, 5.74) is 6.81. The first-order valence-electron chi connectivity index (χ1n) is 6.66. The maximum Gasteiger partial charge on any atom is 0.142 e. The van der Waals surface area contributed by atoms with Gasteiger partial charge in [0, 0.05) is 19.5 Å². The van der Waals surface area contributed by atoms with Crippen molar-refractivity contribution >= 4 is 17.3 Å². The van der Waals surface area contributed by atoms with Crippen LogP contribution in [0.2, 0.25) is 0 Å². The fourth-order valence-corrected chi connectivity index (χ4v) is 2.04. The first-order chi connectivity index (χ1) is 9.65. The van der Waals surface area contributed by atoms with Crippen molar-refractivity contribution in [1.82, 2.24) is 9.97 Å². The third kappa shape index (κ3) is 2.99. The van der Waals surface area contributed by atoms with Crippen molar-refractivity contribution in [1.29, 1.82) is 0 Å². The molecule has 2 N–H and O–H groups in total. The Bertz CT molecular complexity index is 586. The van der Waals surface area contributed by atoms with Gasteiger partial charge in [0.05, 0.1) is 12.8 Å². The summed E-state index contributed by atoms with van der Waals surface area (Å²) in [6.45, 7) is 2.09. The topological polar surface area (TPSA) is 64.3 Å². The van der Waals surface area contributed by atoms with Gasteiger partial charge >= 0.3 is 0 Å². The zero-order valence-corrected chi connectivity index (χ0v) is 12.1. The van der Waals surface area contributed by atoms with Crippen LogP contribution in [0.25, 0.3) is 0 Å². The Morgan fingerprint density at radius 2 is 2.00 bits per heavy atom. The lowest BCUT2D eigenvalue weighted by Crippen LogP contribution is -2.14. The van der Waals surface area contributed by atoms with Crippen molar-refractivity contribution in [3.8, 4) is 5.75 Å². The van der Waals surface area contributed by atoms with Crippen molar-refractivity contribution < 1.29 is 4.74 Å². The van der Waals surface area contributed by atoms with E-state index in [1.165, 1.54) is 0 Å². The summed E-state index contributed by atoms with van der Waals surface area (Å²) in [6, 6.07) is 9.57. The molecule has 1 aromatic heterocycles. The number of nitrogens with zero attached hydrogens (tertiary/aromatic N) is 3. The summed E-state index contributed by atoms with van der Waals surface area (Å²) < 4.78 is 5.38. The first-order valence-corrected chi connectivity index (χ1v) is 6.66. The number of nitrogen functional groups attached to an aromatic ring is 1. The van der Waals surface area contributed by atoms with Gasteiger partial charge < -0.3 is 15.4 Å². The zero-order valence-electron chi connectivity index (χ0n) is 12.1. The van der Waals surface area contributed by atoms with E-state index in [0.717, 1.165) is 35.9 Å². The second-order valence-corrected chi connectivity index (χ2v) is 4.55. The Hall–Kier alpha value is -2.30. The number of nitrogens with two attached hydrogens (primary N) is 1. The molecule has 0 aliphatic rings. The number of methoxy groups -OCH3 is 1. The van der Waals surface area contributed by atoms with Gasteiger partial charge in [-0.1, -0.05) is 19.1 Å². The molecular weight excluding hydrogens is 252 g/mol. The van der Waals surface area contributed by atoms with E-state index >= 15 is 0 Å². The second kappa shape index (κ2) is 6.23. The maximum atomic E-state index is 5.87. The van der Waals surface area contributed by atoms with Crippen LogP contribution in [0.5, 0.6) is 5.75 Å². The Balaban J connectivity index is 2.39. The van der Waals surface area contributed by atoms with E-state index in [0.29, 0.717) is 5.82 Å². The SMILES string of the molecule is CCCc1nc(N)cc(N(C)c2ccccc2OC)n1. The minimum absolute atomic E-state index is 0.486. The molecule has 5 heteroatoms. The van der Waals surface area contributed by atoms with Gasteiger partial charge in [-0.15, -0.1) is 0 Å². The lowest BCUT2D eigenvalue weighted by Gasteiger charge is -2.21. The van der Waals surface area contributed by atoms with Crippen molar-refractivity contribution in [3.05, 3.63) is 36.2 Å². The molecule has 2 rings (SSSR count). The summed E-state index contributed by atoms with van der Waals surface area (Å²) in [6.07, 6.45) is 1.80. The van der Waals surface area contributed by atoms with E-state index in [4.69, 9.17) is 10.5 Å². The molecule has 106 valence electrons. The van der Waals surface area contributed by atoms with E-state index in [2.05, 4.69) is 16.9 Å². The summed E-state index contributed by atoms with van der Waals surface area (Å²) in [5.74, 6) is 2.82. The van der Waals surface area contributed by atoms with Crippen LogP contribution in [0.1, 0.15) is 19.2 Å². The Kier molecular flexibility index (Phi) is 4.40. The number of ether oxygens (including phenoxy) is 1. The minimum Gasteiger partial charge on any atom is -0.495 e. The number of hydrogen-bond acceptors (Lipinski definition) is 5. The van der Waals surface area contributed by atoms with Crippen molar-refractivity contribution in [2.75, 3.05) is 24.8 Å². The molecule has 0 saturated heterocycles. The van der Waals surface area contributed by atoms with Crippen LogP contribution < -0.4 is 15.4 Å². The smallest absolute Gasteiger partial charge is 0.142 e. The molecule has 0 aliphatic carbocycles. The molecule has 0 aliphatic heterocycles. The number of benzene rings is 1. The number of para-hydroxylation sites is 2. The average molecular weight is 272 g/mol. The molecular formula is C15H20N4O. The molecule has 0 amide bonds. The Labute approximate surface area is 119 Å². The summed E-state index contributed by atoms with van der Waals surface area (Å²) in [4.78, 5) is 10.8. The monoisotopic (exact) mass is 272 g/mol. The highest BCUT2D eigenvalue weighted by Crippen LogP contribution is 2.31. The number of hydrogen-bond donors (Lipinski definition) is 1. The number of anilines is 3. The third-order valence-corrected chi connectivity index (χ3v) is 3.04. The van der Waals surface area contributed by atoms with E-state index in [1.807, 2.05) is 36.2 Å². The van der Waals surface area contributed by atoms with Gasteiger partial charge in [-0.3, -0.25) is 0 Å². The largest absolute Gasteiger partial charge is 0.495 e. The molecule has 0 spiro atoms. The van der Waals surface area contributed by atoms with Gasteiger partial charge in [0.1, 0.15) is 23.2 Å². The maximum absolute atomic E-state index is 5.87. The molecule has 2 aromatic rings. The van der Waals surface area contributed by atoms with Gasteiger partial charge in [0.15, 0.2) is 0 Å². The number of aromatic nitrogens is 2. The molecule has 5 nitrogen and oxygen atoms in total. The van der Waals surface area contributed by atoms with Crippen molar-refractivity contribution in [3.63, 3.8) is 0 Å². The molecule has 1 heterocycles. The van der Waals surface area contributed by atoms with E-state index in [9.17, 15) is 0 Å². The molecule has 0 atom stereocenters. The number of rotatable bonds is 5. The molecule has 1 aromatic carbocycles. The van der Waals surface area contributed by atoms with Crippen LogP contribution in [0.3, 0.4) is 0 Å². The summed E-state index contributed by atoms with van der Waals surface area (Å²) in [7, 11) is 3.60. The molecule has 0 fully saturated rings. The fraction of sp³-hybridized carbons (Fsp3) is 0.333. The van der Waals surface area contributed by atoms with Crippen LogP contribution in [0, 0.1) is 0 Å². The summed E-state index contributed by atoms with van der Waals surface area (Å²) >= 11 is 0. The third-order valence-electron chi connectivity index (χ3n) is 3.04. The Morgan fingerprint density at radius 1 is 1.25 bits per heavy atom. The van der Waals surface area contributed by atoms with Crippen LogP contribution in [0.15, 0.2) is 30.3 Å². The highest BCUT2D eigenvalue weighted by Gasteiger charge is 2.12.